The number of rotatable bonds is 2. The van der Waals surface area contributed by atoms with Crippen LogP contribution in [0.1, 0.15) is 0 Å². The first-order chi connectivity index (χ1) is 6.29. The zero-order valence-corrected chi connectivity index (χ0v) is 9.40. The van der Waals surface area contributed by atoms with Gasteiger partial charge >= 0.3 is 0 Å². The molecule has 1 rings (SSSR count). The van der Waals surface area contributed by atoms with Gasteiger partial charge in [-0.15, -0.1) is 0 Å². The van der Waals surface area contributed by atoms with Crippen molar-refractivity contribution in [3.05, 3.63) is 23.8 Å². The number of nitrogen functional groups attached to an aromatic ring is 1. The normalized spacial score (nSPS) is 11.5. The maximum absolute atomic E-state index is 12.8. The molecule has 5 heteroatoms. The fraction of sp³-hybridized carbons (Fsp3) is 0.333. The molecule has 0 aliphatic rings. The molecular formula is C9H13F2NOSi. The molecule has 78 valence electrons. The van der Waals surface area contributed by atoms with Crippen LogP contribution in [-0.4, -0.2) is 8.32 Å². The van der Waals surface area contributed by atoms with Crippen molar-refractivity contribution in [1.82, 2.24) is 0 Å². The van der Waals surface area contributed by atoms with Crippen molar-refractivity contribution < 1.29 is 13.2 Å². The average Bonchev–Trinajstić information content (AvgIpc) is 1.97. The predicted molar refractivity (Wildman–Crippen MR) is 54.7 cm³/mol. The highest BCUT2D eigenvalue weighted by atomic mass is 28.4. The lowest BCUT2D eigenvalue weighted by Crippen LogP contribution is -2.29. The molecule has 2 N–H and O–H groups in total. The summed E-state index contributed by atoms with van der Waals surface area (Å²) in [7, 11) is -1.84. The van der Waals surface area contributed by atoms with Gasteiger partial charge in [-0.25, -0.2) is 8.78 Å². The van der Waals surface area contributed by atoms with Gasteiger partial charge in [0.2, 0.25) is 8.32 Å². The zero-order chi connectivity index (χ0) is 10.9. The van der Waals surface area contributed by atoms with Crippen molar-refractivity contribution >= 4 is 14.0 Å². The quantitative estimate of drug-likeness (QED) is 0.610. The second-order valence-corrected chi connectivity index (χ2v) is 8.45. The summed E-state index contributed by atoms with van der Waals surface area (Å²) in [5.74, 6) is -1.67. The number of hydrogen-bond acceptors (Lipinski definition) is 2. The molecule has 0 fully saturated rings. The minimum absolute atomic E-state index is 0.131. The summed E-state index contributed by atoms with van der Waals surface area (Å²) >= 11 is 0. The van der Waals surface area contributed by atoms with Crippen LogP contribution in [0.25, 0.3) is 0 Å². The zero-order valence-electron chi connectivity index (χ0n) is 8.40. The third-order valence-electron chi connectivity index (χ3n) is 1.47. The standard InChI is InChI=1S/C9H13F2NOSi/c1-14(2,3)13-9-5-7(11)6(10)4-8(9)12/h4-5H,12H2,1-3H3. The fourth-order valence-electron chi connectivity index (χ4n) is 0.962. The van der Waals surface area contributed by atoms with Gasteiger partial charge in [0.15, 0.2) is 11.6 Å². The van der Waals surface area contributed by atoms with Gasteiger partial charge in [0.25, 0.3) is 0 Å². The van der Waals surface area contributed by atoms with Gasteiger partial charge in [0, 0.05) is 12.1 Å². The predicted octanol–water partition coefficient (Wildman–Crippen LogP) is 2.76. The van der Waals surface area contributed by atoms with Crippen molar-refractivity contribution in [2.45, 2.75) is 19.6 Å². The summed E-state index contributed by atoms with van der Waals surface area (Å²) in [6.07, 6.45) is 0. The first-order valence-electron chi connectivity index (χ1n) is 4.23. The van der Waals surface area contributed by atoms with Gasteiger partial charge in [-0.05, 0) is 19.6 Å². The molecule has 0 aliphatic heterocycles. The number of anilines is 1. The van der Waals surface area contributed by atoms with Crippen LogP contribution in [-0.2, 0) is 0 Å². The molecule has 0 bridgehead atoms. The van der Waals surface area contributed by atoms with E-state index in [-0.39, 0.29) is 11.4 Å². The van der Waals surface area contributed by atoms with Crippen molar-refractivity contribution in [3.8, 4) is 5.75 Å². The highest BCUT2D eigenvalue weighted by molar-refractivity contribution is 6.70. The van der Waals surface area contributed by atoms with E-state index >= 15 is 0 Å². The molecule has 0 amide bonds. The van der Waals surface area contributed by atoms with Crippen LogP contribution in [0.4, 0.5) is 14.5 Å². The van der Waals surface area contributed by atoms with Crippen molar-refractivity contribution in [1.29, 1.82) is 0 Å². The van der Waals surface area contributed by atoms with Crippen LogP contribution in [0, 0.1) is 11.6 Å². The van der Waals surface area contributed by atoms with Crippen LogP contribution in [0.3, 0.4) is 0 Å². The Morgan fingerprint density at radius 1 is 1.14 bits per heavy atom. The lowest BCUT2D eigenvalue weighted by Gasteiger charge is -2.20. The third-order valence-corrected chi connectivity index (χ3v) is 2.30. The highest BCUT2D eigenvalue weighted by Crippen LogP contribution is 2.26. The number of benzene rings is 1. The minimum atomic E-state index is -1.84. The Kier molecular flexibility index (Phi) is 2.80. The maximum Gasteiger partial charge on any atom is 0.242 e. The molecule has 0 aromatic heterocycles. The molecule has 1 aromatic rings. The van der Waals surface area contributed by atoms with Gasteiger partial charge in [0.05, 0.1) is 5.69 Å². The van der Waals surface area contributed by atoms with Crippen LogP contribution in [0.5, 0.6) is 5.75 Å². The van der Waals surface area contributed by atoms with E-state index in [2.05, 4.69) is 0 Å². The molecular weight excluding hydrogens is 204 g/mol. The second-order valence-electron chi connectivity index (χ2n) is 4.02. The van der Waals surface area contributed by atoms with E-state index < -0.39 is 20.0 Å². The number of hydrogen-bond donors (Lipinski definition) is 1. The second kappa shape index (κ2) is 3.57. The lowest BCUT2D eigenvalue weighted by molar-refractivity contribution is 0.494. The van der Waals surface area contributed by atoms with E-state index in [4.69, 9.17) is 10.2 Å². The molecule has 0 atom stereocenters. The van der Waals surface area contributed by atoms with Gasteiger partial charge < -0.3 is 10.2 Å². The topological polar surface area (TPSA) is 35.2 Å². The molecule has 2 nitrogen and oxygen atoms in total. The monoisotopic (exact) mass is 217 g/mol. The van der Waals surface area contributed by atoms with Crippen molar-refractivity contribution in [2.75, 3.05) is 5.73 Å². The SMILES string of the molecule is C[Si](C)(C)Oc1cc(F)c(F)cc1N. The molecule has 0 saturated carbocycles. The van der Waals surface area contributed by atoms with E-state index in [0.717, 1.165) is 12.1 Å². The maximum atomic E-state index is 12.8. The van der Waals surface area contributed by atoms with Crippen molar-refractivity contribution in [3.63, 3.8) is 0 Å². The molecule has 14 heavy (non-hydrogen) atoms. The van der Waals surface area contributed by atoms with E-state index in [0.29, 0.717) is 0 Å². The Morgan fingerprint density at radius 2 is 1.64 bits per heavy atom. The summed E-state index contributed by atoms with van der Waals surface area (Å²) in [6.45, 7) is 5.81. The van der Waals surface area contributed by atoms with E-state index in [9.17, 15) is 8.78 Å². The van der Waals surface area contributed by atoms with Gasteiger partial charge in [0.1, 0.15) is 5.75 Å². The molecule has 0 spiro atoms. The van der Waals surface area contributed by atoms with Crippen LogP contribution < -0.4 is 10.2 Å². The van der Waals surface area contributed by atoms with Crippen LogP contribution in [0.2, 0.25) is 19.6 Å². The smallest absolute Gasteiger partial charge is 0.242 e. The van der Waals surface area contributed by atoms with E-state index in [1.807, 2.05) is 19.6 Å². The Balaban J connectivity index is 3.04. The van der Waals surface area contributed by atoms with Crippen LogP contribution >= 0.6 is 0 Å². The number of nitrogens with two attached hydrogens (primary N) is 1. The van der Waals surface area contributed by atoms with E-state index in [1.54, 1.807) is 0 Å². The average molecular weight is 217 g/mol. The Bertz CT molecular complexity index is 349. The Hall–Kier alpha value is -1.10. The fourth-order valence-corrected chi connectivity index (χ4v) is 1.80. The summed E-state index contributed by atoms with van der Waals surface area (Å²) < 4.78 is 31.0. The third kappa shape index (κ3) is 2.70. The van der Waals surface area contributed by atoms with Gasteiger partial charge in [-0.2, -0.15) is 0 Å². The summed E-state index contributed by atoms with van der Waals surface area (Å²) in [6, 6.07) is 1.92. The van der Waals surface area contributed by atoms with Gasteiger partial charge in [-0.1, -0.05) is 0 Å². The molecule has 0 aliphatic carbocycles. The molecule has 0 radical (unpaired) electrons. The molecule has 0 heterocycles. The molecule has 0 saturated heterocycles. The van der Waals surface area contributed by atoms with Crippen molar-refractivity contribution in [2.24, 2.45) is 0 Å². The Labute approximate surface area is 82.8 Å². The van der Waals surface area contributed by atoms with E-state index in [1.165, 1.54) is 0 Å². The highest BCUT2D eigenvalue weighted by Gasteiger charge is 2.19. The first-order valence-corrected chi connectivity index (χ1v) is 7.64. The summed E-state index contributed by atoms with van der Waals surface area (Å²) in [5.41, 5.74) is 5.62. The first kappa shape index (κ1) is 11.0. The van der Waals surface area contributed by atoms with Crippen LogP contribution in [0.15, 0.2) is 12.1 Å². The number of halogens is 2. The minimum Gasteiger partial charge on any atom is -0.543 e. The largest absolute Gasteiger partial charge is 0.543 e. The van der Waals surface area contributed by atoms with Gasteiger partial charge in [-0.3, -0.25) is 0 Å². The Morgan fingerprint density at radius 3 is 2.14 bits per heavy atom. The molecule has 1 aromatic carbocycles. The summed E-state index contributed by atoms with van der Waals surface area (Å²) in [5, 5.41) is 0. The lowest BCUT2D eigenvalue weighted by atomic mass is 10.3. The molecule has 0 unspecified atom stereocenters. The summed E-state index contributed by atoms with van der Waals surface area (Å²) in [4.78, 5) is 0.